The van der Waals surface area contributed by atoms with E-state index in [1.807, 2.05) is 91.0 Å². The van der Waals surface area contributed by atoms with Gasteiger partial charge in [0.2, 0.25) is 0 Å². The third kappa shape index (κ3) is 6.48. The Morgan fingerprint density at radius 3 is 1.39 bits per heavy atom. The molecule has 3 aromatic carbocycles. The van der Waals surface area contributed by atoms with E-state index in [9.17, 15) is 10.2 Å². The molecule has 0 radical (unpaired) electrons. The molecule has 0 bridgehead atoms. The lowest BCUT2D eigenvalue weighted by atomic mass is 9.98. The molecular weight excluding hydrogens is 420 g/mol. The first-order chi connectivity index (χ1) is 16.2. The molecule has 5 atom stereocenters. The van der Waals surface area contributed by atoms with E-state index in [1.165, 1.54) is 0 Å². The Morgan fingerprint density at radius 1 is 0.576 bits per heavy atom. The SMILES string of the molecule is OCC1OC(O)C(OCc2ccccc2)C(OCc2ccccc2)C1OCc1ccccc1. The van der Waals surface area contributed by atoms with E-state index in [-0.39, 0.29) is 13.2 Å². The van der Waals surface area contributed by atoms with E-state index in [0.29, 0.717) is 13.2 Å². The minimum Gasteiger partial charge on any atom is -0.394 e. The van der Waals surface area contributed by atoms with Gasteiger partial charge in [-0.3, -0.25) is 0 Å². The molecule has 6 heteroatoms. The van der Waals surface area contributed by atoms with Crippen molar-refractivity contribution in [2.45, 2.75) is 50.5 Å². The van der Waals surface area contributed by atoms with E-state index in [1.54, 1.807) is 0 Å². The molecule has 1 heterocycles. The first-order valence-electron chi connectivity index (χ1n) is 11.2. The minimum absolute atomic E-state index is 0.284. The quantitative estimate of drug-likeness (QED) is 0.493. The number of hydrogen-bond acceptors (Lipinski definition) is 6. The van der Waals surface area contributed by atoms with Crippen LogP contribution in [0.4, 0.5) is 0 Å². The summed E-state index contributed by atoms with van der Waals surface area (Å²) in [5.74, 6) is 0. The van der Waals surface area contributed by atoms with Crippen LogP contribution in [0.3, 0.4) is 0 Å². The predicted molar refractivity (Wildman–Crippen MR) is 123 cm³/mol. The van der Waals surface area contributed by atoms with Crippen molar-refractivity contribution < 1.29 is 29.2 Å². The van der Waals surface area contributed by atoms with Crippen LogP contribution in [-0.4, -0.2) is 47.5 Å². The van der Waals surface area contributed by atoms with Crippen molar-refractivity contribution in [2.24, 2.45) is 0 Å². The highest BCUT2D eigenvalue weighted by Crippen LogP contribution is 2.29. The molecule has 1 fully saturated rings. The summed E-state index contributed by atoms with van der Waals surface area (Å²) in [5.41, 5.74) is 2.95. The normalized spacial score (nSPS) is 25.1. The molecule has 4 rings (SSSR count). The number of aliphatic hydroxyl groups excluding tert-OH is 2. The highest BCUT2D eigenvalue weighted by Gasteiger charge is 2.47. The second kappa shape index (κ2) is 12.0. The molecule has 33 heavy (non-hydrogen) atoms. The van der Waals surface area contributed by atoms with Gasteiger partial charge in [-0.05, 0) is 16.7 Å². The van der Waals surface area contributed by atoms with Crippen LogP contribution in [0.15, 0.2) is 91.0 Å². The maximum absolute atomic E-state index is 10.7. The van der Waals surface area contributed by atoms with Gasteiger partial charge in [-0.15, -0.1) is 0 Å². The number of ether oxygens (including phenoxy) is 4. The summed E-state index contributed by atoms with van der Waals surface area (Å²) in [4.78, 5) is 0. The van der Waals surface area contributed by atoms with Crippen LogP contribution in [0, 0.1) is 0 Å². The Labute approximate surface area is 194 Å². The lowest BCUT2D eigenvalue weighted by molar-refractivity contribution is -0.315. The van der Waals surface area contributed by atoms with Gasteiger partial charge < -0.3 is 29.2 Å². The van der Waals surface area contributed by atoms with Gasteiger partial charge in [0.15, 0.2) is 6.29 Å². The van der Waals surface area contributed by atoms with Crippen LogP contribution in [0.5, 0.6) is 0 Å². The lowest BCUT2D eigenvalue weighted by Gasteiger charge is -2.44. The largest absolute Gasteiger partial charge is 0.394 e. The molecule has 0 spiro atoms. The molecule has 5 unspecified atom stereocenters. The van der Waals surface area contributed by atoms with Crippen molar-refractivity contribution in [2.75, 3.05) is 6.61 Å². The monoisotopic (exact) mass is 450 g/mol. The maximum atomic E-state index is 10.7. The molecule has 6 nitrogen and oxygen atoms in total. The summed E-state index contributed by atoms with van der Waals surface area (Å²) in [6.45, 7) is 0.601. The van der Waals surface area contributed by atoms with Crippen LogP contribution in [0.1, 0.15) is 16.7 Å². The molecular formula is C27H30O6. The van der Waals surface area contributed by atoms with Crippen LogP contribution >= 0.6 is 0 Å². The zero-order valence-electron chi connectivity index (χ0n) is 18.4. The molecule has 0 aromatic heterocycles. The topological polar surface area (TPSA) is 77.4 Å². The first kappa shape index (κ1) is 23.6. The van der Waals surface area contributed by atoms with Crippen molar-refractivity contribution in [3.63, 3.8) is 0 Å². The summed E-state index contributed by atoms with van der Waals surface area (Å²) in [6, 6.07) is 29.3. The minimum atomic E-state index is -1.26. The number of hydrogen-bond donors (Lipinski definition) is 2. The van der Waals surface area contributed by atoms with Gasteiger partial charge in [-0.2, -0.15) is 0 Å². The second-order valence-corrected chi connectivity index (χ2v) is 8.03. The van der Waals surface area contributed by atoms with Crippen molar-refractivity contribution >= 4 is 0 Å². The summed E-state index contributed by atoms with van der Waals surface area (Å²) in [7, 11) is 0. The fourth-order valence-corrected chi connectivity index (χ4v) is 3.91. The Hall–Kier alpha value is -2.58. The lowest BCUT2D eigenvalue weighted by Crippen LogP contribution is -2.61. The zero-order chi connectivity index (χ0) is 22.9. The van der Waals surface area contributed by atoms with Crippen LogP contribution in [-0.2, 0) is 38.8 Å². The molecule has 174 valence electrons. The number of rotatable bonds is 10. The maximum Gasteiger partial charge on any atom is 0.184 e. The summed E-state index contributed by atoms with van der Waals surface area (Å²) >= 11 is 0. The molecule has 1 saturated heterocycles. The van der Waals surface area contributed by atoms with E-state index >= 15 is 0 Å². The number of aliphatic hydroxyl groups is 2. The highest BCUT2D eigenvalue weighted by molar-refractivity contribution is 5.15. The van der Waals surface area contributed by atoms with Crippen LogP contribution in [0.25, 0.3) is 0 Å². The fourth-order valence-electron chi connectivity index (χ4n) is 3.91. The van der Waals surface area contributed by atoms with Gasteiger partial charge in [0, 0.05) is 0 Å². The van der Waals surface area contributed by atoms with Gasteiger partial charge in [0.25, 0.3) is 0 Å². The third-order valence-electron chi connectivity index (χ3n) is 5.65. The summed E-state index contributed by atoms with van der Waals surface area (Å²) < 4.78 is 24.3. The van der Waals surface area contributed by atoms with Crippen molar-refractivity contribution in [1.29, 1.82) is 0 Å². The molecule has 1 aliphatic rings. The van der Waals surface area contributed by atoms with Gasteiger partial charge in [-0.25, -0.2) is 0 Å². The third-order valence-corrected chi connectivity index (χ3v) is 5.65. The Balaban J connectivity index is 1.53. The Kier molecular flexibility index (Phi) is 8.60. The van der Waals surface area contributed by atoms with E-state index < -0.39 is 30.7 Å². The van der Waals surface area contributed by atoms with Gasteiger partial charge in [-0.1, -0.05) is 91.0 Å². The first-order valence-corrected chi connectivity index (χ1v) is 11.2. The predicted octanol–water partition coefficient (Wildman–Crippen LogP) is 3.45. The standard InChI is InChI=1S/C27H30O6/c28-16-23-24(30-17-20-10-4-1-5-11-20)25(31-18-21-12-6-2-7-13-21)26(27(29)33-23)32-19-22-14-8-3-9-15-22/h1-15,23-29H,16-19H2. The van der Waals surface area contributed by atoms with Gasteiger partial charge in [0.1, 0.15) is 24.4 Å². The van der Waals surface area contributed by atoms with Gasteiger partial charge in [0.05, 0.1) is 26.4 Å². The molecule has 3 aromatic rings. The smallest absolute Gasteiger partial charge is 0.184 e. The summed E-state index contributed by atoms with van der Waals surface area (Å²) in [5, 5.41) is 20.7. The molecule has 0 saturated carbocycles. The fraction of sp³-hybridized carbons (Fsp3) is 0.333. The molecule has 0 amide bonds. The average Bonchev–Trinajstić information content (AvgIpc) is 2.87. The van der Waals surface area contributed by atoms with E-state index in [0.717, 1.165) is 16.7 Å². The highest BCUT2D eigenvalue weighted by atomic mass is 16.7. The zero-order valence-corrected chi connectivity index (χ0v) is 18.4. The Bertz CT molecular complexity index is 937. The molecule has 0 aliphatic carbocycles. The van der Waals surface area contributed by atoms with Crippen molar-refractivity contribution in [1.82, 2.24) is 0 Å². The second-order valence-electron chi connectivity index (χ2n) is 8.03. The van der Waals surface area contributed by atoms with E-state index in [4.69, 9.17) is 18.9 Å². The molecule has 2 N–H and O–H groups in total. The summed E-state index contributed by atoms with van der Waals surface area (Å²) in [6.07, 6.45) is -4.09. The van der Waals surface area contributed by atoms with Crippen molar-refractivity contribution in [3.8, 4) is 0 Å². The number of benzene rings is 3. The van der Waals surface area contributed by atoms with Crippen LogP contribution in [0.2, 0.25) is 0 Å². The van der Waals surface area contributed by atoms with E-state index in [2.05, 4.69) is 0 Å². The van der Waals surface area contributed by atoms with Gasteiger partial charge >= 0.3 is 0 Å². The molecule has 1 aliphatic heterocycles. The van der Waals surface area contributed by atoms with Crippen molar-refractivity contribution in [3.05, 3.63) is 108 Å². The Morgan fingerprint density at radius 2 is 0.970 bits per heavy atom. The van der Waals surface area contributed by atoms with Crippen LogP contribution < -0.4 is 0 Å². The average molecular weight is 451 g/mol.